The average Bonchev–Trinajstić information content (AvgIpc) is 2.33. The van der Waals surface area contributed by atoms with E-state index in [4.69, 9.17) is 16.0 Å². The first kappa shape index (κ1) is 15.1. The maximum Gasteiger partial charge on any atom is 0.412 e. The Bertz CT molecular complexity index is 579. The molecule has 0 saturated carbocycles. The fourth-order valence-corrected chi connectivity index (χ4v) is 2.17. The summed E-state index contributed by atoms with van der Waals surface area (Å²) in [6, 6.07) is 5.36. The van der Waals surface area contributed by atoms with Gasteiger partial charge < -0.3 is 9.64 Å². The van der Waals surface area contributed by atoms with Gasteiger partial charge in [-0.1, -0.05) is 6.07 Å². The van der Waals surface area contributed by atoms with Crippen LogP contribution in [0.5, 0.6) is 0 Å². The molecule has 1 heterocycles. The molecule has 7 nitrogen and oxygen atoms in total. The zero-order valence-corrected chi connectivity index (χ0v) is 12.7. The van der Waals surface area contributed by atoms with Crippen LogP contribution < -0.4 is 21.1 Å². The van der Waals surface area contributed by atoms with Gasteiger partial charge in [0.1, 0.15) is 11.4 Å². The Morgan fingerprint density at radius 3 is 2.71 bits per heavy atom. The van der Waals surface area contributed by atoms with Crippen molar-refractivity contribution in [2.24, 2.45) is 5.84 Å². The van der Waals surface area contributed by atoms with Crippen LogP contribution in [0.4, 0.5) is 21.9 Å². The average molecular weight is 291 g/mol. The first-order valence-electron chi connectivity index (χ1n) is 6.65. The summed E-state index contributed by atoms with van der Waals surface area (Å²) in [6.45, 7) is 5.79. The molecule has 0 aliphatic carbocycles. The van der Waals surface area contributed by atoms with Crippen LogP contribution in [0.3, 0.4) is 0 Å². The summed E-state index contributed by atoms with van der Waals surface area (Å²) in [5.74, 6) is 6.18. The highest BCUT2D eigenvalue weighted by atomic mass is 16.6. The molecular formula is C14H21N5O2. The molecule has 1 aliphatic heterocycles. The summed E-state index contributed by atoms with van der Waals surface area (Å²) in [4.78, 5) is 13.8. The topological polar surface area (TPSA) is 94.7 Å². The van der Waals surface area contributed by atoms with Crippen molar-refractivity contribution in [3.8, 4) is 0 Å². The van der Waals surface area contributed by atoms with E-state index >= 15 is 0 Å². The molecule has 1 aromatic rings. The van der Waals surface area contributed by atoms with E-state index in [2.05, 4.69) is 5.32 Å². The maximum absolute atomic E-state index is 11.9. The molecule has 4 N–H and O–H groups in total. The van der Waals surface area contributed by atoms with Gasteiger partial charge in [0.05, 0.1) is 23.6 Å². The number of carbonyl (C=O) groups excluding carboxylic acids is 1. The number of nitrogens with two attached hydrogens (primary N) is 1. The van der Waals surface area contributed by atoms with E-state index in [1.165, 1.54) is 5.01 Å². The van der Waals surface area contributed by atoms with Gasteiger partial charge in [-0.3, -0.25) is 15.7 Å². The van der Waals surface area contributed by atoms with Gasteiger partial charge in [-0.2, -0.15) is 0 Å². The monoisotopic (exact) mass is 291 g/mol. The van der Waals surface area contributed by atoms with E-state index in [9.17, 15) is 4.79 Å². The normalized spacial score (nSPS) is 14.8. The van der Waals surface area contributed by atoms with Crippen molar-refractivity contribution < 1.29 is 9.53 Å². The van der Waals surface area contributed by atoms with Gasteiger partial charge in [0.2, 0.25) is 0 Å². The minimum Gasteiger partial charge on any atom is -0.444 e. The third kappa shape index (κ3) is 3.25. The Morgan fingerprint density at radius 2 is 2.10 bits per heavy atom. The van der Waals surface area contributed by atoms with E-state index in [1.54, 1.807) is 18.2 Å². The Labute approximate surface area is 124 Å². The number of fused-ring (bicyclic) bond motifs is 1. The Hall–Kier alpha value is -2.28. The number of anilines is 3. The number of nitrogens with one attached hydrogen (secondary N) is 2. The molecule has 1 aromatic carbocycles. The Kier molecular flexibility index (Phi) is 3.78. The standard InChI is InChI=1S/C14H21N5O2/c1-14(2,3)21-13(20)17-9-6-5-7-10-12(9)18(4)8-11(15)19(10)16/h5-7,15H,8,16H2,1-4H3,(H,17,20). The highest BCUT2D eigenvalue weighted by molar-refractivity contribution is 6.07. The fourth-order valence-electron chi connectivity index (χ4n) is 2.17. The lowest BCUT2D eigenvalue weighted by Gasteiger charge is -2.35. The molecule has 7 heteroatoms. The molecule has 2 rings (SSSR count). The first-order valence-corrected chi connectivity index (χ1v) is 6.65. The summed E-state index contributed by atoms with van der Waals surface area (Å²) in [5, 5.41) is 11.9. The van der Waals surface area contributed by atoms with Gasteiger partial charge >= 0.3 is 6.09 Å². The lowest BCUT2D eigenvalue weighted by Crippen LogP contribution is -2.48. The number of benzene rings is 1. The smallest absolute Gasteiger partial charge is 0.412 e. The summed E-state index contributed by atoms with van der Waals surface area (Å²) in [6.07, 6.45) is -0.520. The van der Waals surface area contributed by atoms with Crippen LogP contribution in [0, 0.1) is 5.41 Å². The van der Waals surface area contributed by atoms with Crippen molar-refractivity contribution in [3.05, 3.63) is 18.2 Å². The van der Waals surface area contributed by atoms with Gasteiger partial charge in [0.25, 0.3) is 0 Å². The molecule has 0 saturated heterocycles. The fraction of sp³-hybridized carbons (Fsp3) is 0.429. The second-order valence-electron chi connectivity index (χ2n) is 5.97. The largest absolute Gasteiger partial charge is 0.444 e. The van der Waals surface area contributed by atoms with E-state index in [0.29, 0.717) is 23.8 Å². The number of nitrogens with zero attached hydrogens (tertiary/aromatic N) is 2. The van der Waals surface area contributed by atoms with Crippen molar-refractivity contribution in [3.63, 3.8) is 0 Å². The zero-order valence-electron chi connectivity index (χ0n) is 12.7. The molecule has 1 aliphatic rings. The van der Waals surface area contributed by atoms with Crippen molar-refractivity contribution >= 4 is 29.0 Å². The van der Waals surface area contributed by atoms with Gasteiger partial charge in [-0.15, -0.1) is 0 Å². The number of para-hydroxylation sites is 1. The lowest BCUT2D eigenvalue weighted by atomic mass is 10.1. The minimum absolute atomic E-state index is 0.291. The molecular weight excluding hydrogens is 270 g/mol. The number of ether oxygens (including phenoxy) is 1. The second kappa shape index (κ2) is 5.25. The summed E-state index contributed by atoms with van der Waals surface area (Å²) in [5.41, 5.74) is 1.48. The van der Waals surface area contributed by atoms with Gasteiger partial charge in [-0.05, 0) is 32.9 Å². The van der Waals surface area contributed by atoms with Crippen LogP contribution in [-0.4, -0.2) is 31.1 Å². The van der Waals surface area contributed by atoms with E-state index in [1.807, 2.05) is 32.7 Å². The number of likely N-dealkylation sites (N-methyl/N-ethyl adjacent to an activating group) is 1. The molecule has 0 atom stereocenters. The number of carbonyl (C=O) groups is 1. The lowest BCUT2D eigenvalue weighted by molar-refractivity contribution is 0.0636. The van der Waals surface area contributed by atoms with E-state index in [0.717, 1.165) is 5.69 Å². The highest BCUT2D eigenvalue weighted by Crippen LogP contribution is 2.37. The van der Waals surface area contributed by atoms with E-state index < -0.39 is 11.7 Å². The number of hydrogen-bond acceptors (Lipinski definition) is 5. The quantitative estimate of drug-likeness (QED) is 0.689. The number of amides is 1. The number of amidine groups is 1. The second-order valence-corrected chi connectivity index (χ2v) is 5.97. The Balaban J connectivity index is 2.31. The summed E-state index contributed by atoms with van der Waals surface area (Å²) < 4.78 is 5.26. The van der Waals surface area contributed by atoms with E-state index in [-0.39, 0.29) is 0 Å². The Morgan fingerprint density at radius 1 is 1.43 bits per heavy atom. The molecule has 21 heavy (non-hydrogen) atoms. The van der Waals surface area contributed by atoms with Crippen LogP contribution in [0.1, 0.15) is 20.8 Å². The third-order valence-electron chi connectivity index (χ3n) is 2.97. The molecule has 0 radical (unpaired) electrons. The minimum atomic E-state index is -0.563. The molecule has 0 unspecified atom stereocenters. The summed E-state index contributed by atoms with van der Waals surface area (Å²) >= 11 is 0. The highest BCUT2D eigenvalue weighted by Gasteiger charge is 2.26. The van der Waals surface area contributed by atoms with Crippen LogP contribution in [0.25, 0.3) is 0 Å². The summed E-state index contributed by atoms with van der Waals surface area (Å²) in [7, 11) is 1.85. The molecule has 114 valence electrons. The van der Waals surface area contributed by atoms with Crippen molar-refractivity contribution in [1.29, 1.82) is 5.41 Å². The molecule has 0 fully saturated rings. The van der Waals surface area contributed by atoms with Crippen LogP contribution in [0.15, 0.2) is 18.2 Å². The third-order valence-corrected chi connectivity index (χ3v) is 2.97. The van der Waals surface area contributed by atoms with Crippen molar-refractivity contribution in [2.75, 3.05) is 28.8 Å². The predicted molar refractivity (Wildman–Crippen MR) is 84.0 cm³/mol. The molecule has 0 aromatic heterocycles. The maximum atomic E-state index is 11.9. The number of hydrogen-bond donors (Lipinski definition) is 3. The molecule has 0 bridgehead atoms. The van der Waals surface area contributed by atoms with Crippen LogP contribution in [-0.2, 0) is 4.74 Å². The predicted octanol–water partition coefficient (Wildman–Crippen LogP) is 2.14. The number of hydrazine groups is 1. The van der Waals surface area contributed by atoms with Crippen LogP contribution in [0.2, 0.25) is 0 Å². The van der Waals surface area contributed by atoms with Gasteiger partial charge in [0.15, 0.2) is 0 Å². The number of rotatable bonds is 1. The first-order chi connectivity index (χ1) is 9.69. The van der Waals surface area contributed by atoms with Crippen molar-refractivity contribution in [2.45, 2.75) is 26.4 Å². The van der Waals surface area contributed by atoms with Gasteiger partial charge in [-0.25, -0.2) is 10.6 Å². The zero-order chi connectivity index (χ0) is 15.8. The van der Waals surface area contributed by atoms with Crippen LogP contribution >= 0.6 is 0 Å². The molecule has 0 spiro atoms. The SMILES string of the molecule is CN1CC(=N)N(N)c2cccc(NC(=O)OC(C)(C)C)c21. The molecule has 1 amide bonds. The van der Waals surface area contributed by atoms with Crippen molar-refractivity contribution in [1.82, 2.24) is 0 Å². The van der Waals surface area contributed by atoms with Gasteiger partial charge in [0, 0.05) is 7.05 Å².